The quantitative estimate of drug-likeness (QED) is 0.820. The predicted molar refractivity (Wildman–Crippen MR) is 71.2 cm³/mol. The monoisotopic (exact) mass is 278 g/mol. The number of morpholine rings is 1. The fourth-order valence-corrected chi connectivity index (χ4v) is 2.38. The van der Waals surface area contributed by atoms with E-state index in [1.807, 2.05) is 6.92 Å². The molecule has 0 aromatic heterocycles. The summed E-state index contributed by atoms with van der Waals surface area (Å²) >= 11 is 0. The first-order valence-corrected chi connectivity index (χ1v) is 6.55. The van der Waals surface area contributed by atoms with Gasteiger partial charge in [0.1, 0.15) is 6.10 Å². The Balaban J connectivity index is 0.00000162. The SMILES string of the molecule is CC(NC(=O)OC1CCCC1)C1CNCCO1.Cl. The molecule has 1 aliphatic heterocycles. The van der Waals surface area contributed by atoms with Crippen LogP contribution in [0.25, 0.3) is 0 Å². The second-order valence-electron chi connectivity index (χ2n) is 4.86. The summed E-state index contributed by atoms with van der Waals surface area (Å²) < 4.78 is 10.9. The van der Waals surface area contributed by atoms with E-state index in [2.05, 4.69) is 10.6 Å². The Kier molecular flexibility index (Phi) is 6.75. The van der Waals surface area contributed by atoms with Crippen molar-refractivity contribution >= 4 is 18.5 Å². The van der Waals surface area contributed by atoms with Crippen molar-refractivity contribution in [1.29, 1.82) is 0 Å². The van der Waals surface area contributed by atoms with Crippen LogP contribution in [-0.2, 0) is 9.47 Å². The third-order valence-corrected chi connectivity index (χ3v) is 3.44. The maximum atomic E-state index is 11.6. The highest BCUT2D eigenvalue weighted by molar-refractivity contribution is 5.85. The van der Waals surface area contributed by atoms with Crippen molar-refractivity contribution < 1.29 is 14.3 Å². The molecule has 0 aromatic carbocycles. The number of ether oxygens (including phenoxy) is 2. The summed E-state index contributed by atoms with van der Waals surface area (Å²) in [5.74, 6) is 0. The summed E-state index contributed by atoms with van der Waals surface area (Å²) in [5, 5.41) is 6.10. The molecule has 18 heavy (non-hydrogen) atoms. The van der Waals surface area contributed by atoms with Crippen LogP contribution in [-0.4, -0.2) is 44.0 Å². The Morgan fingerprint density at radius 2 is 2.17 bits per heavy atom. The molecule has 106 valence electrons. The number of halogens is 1. The Bertz CT molecular complexity index is 254. The molecule has 0 aromatic rings. The zero-order chi connectivity index (χ0) is 12.1. The molecule has 2 fully saturated rings. The number of carbonyl (C=O) groups is 1. The lowest BCUT2D eigenvalue weighted by atomic mass is 10.1. The van der Waals surface area contributed by atoms with Gasteiger partial charge in [0.05, 0.1) is 18.8 Å². The molecule has 6 heteroatoms. The Hall–Kier alpha value is -0.520. The first-order chi connectivity index (χ1) is 8.25. The van der Waals surface area contributed by atoms with E-state index in [0.717, 1.165) is 25.9 Å². The summed E-state index contributed by atoms with van der Waals surface area (Å²) in [6, 6.07) is -0.0169. The van der Waals surface area contributed by atoms with Crippen LogP contribution in [0.3, 0.4) is 0 Å². The van der Waals surface area contributed by atoms with Crippen molar-refractivity contribution in [1.82, 2.24) is 10.6 Å². The van der Waals surface area contributed by atoms with E-state index in [9.17, 15) is 4.79 Å². The molecule has 0 bridgehead atoms. The van der Waals surface area contributed by atoms with E-state index >= 15 is 0 Å². The number of carbonyl (C=O) groups excluding carboxylic acids is 1. The lowest BCUT2D eigenvalue weighted by Gasteiger charge is -2.29. The number of hydrogen-bond acceptors (Lipinski definition) is 4. The highest BCUT2D eigenvalue weighted by Crippen LogP contribution is 2.20. The molecule has 1 heterocycles. The average Bonchev–Trinajstić information content (AvgIpc) is 2.82. The van der Waals surface area contributed by atoms with Gasteiger partial charge in [-0.2, -0.15) is 0 Å². The summed E-state index contributed by atoms with van der Waals surface area (Å²) in [5.41, 5.74) is 0. The number of amides is 1. The maximum Gasteiger partial charge on any atom is 0.407 e. The van der Waals surface area contributed by atoms with Crippen molar-refractivity contribution in [2.24, 2.45) is 0 Å². The topological polar surface area (TPSA) is 59.6 Å². The van der Waals surface area contributed by atoms with Gasteiger partial charge in [0.25, 0.3) is 0 Å². The van der Waals surface area contributed by atoms with Crippen molar-refractivity contribution in [3.8, 4) is 0 Å². The van der Waals surface area contributed by atoms with Crippen LogP contribution in [0.4, 0.5) is 4.79 Å². The van der Waals surface area contributed by atoms with Crippen LogP contribution in [0, 0.1) is 0 Å². The highest BCUT2D eigenvalue weighted by Gasteiger charge is 2.24. The molecule has 5 nitrogen and oxygen atoms in total. The van der Waals surface area contributed by atoms with E-state index in [-0.39, 0.29) is 36.8 Å². The Labute approximate surface area is 114 Å². The van der Waals surface area contributed by atoms with E-state index < -0.39 is 0 Å². The molecule has 1 amide bonds. The second kappa shape index (κ2) is 7.81. The van der Waals surface area contributed by atoms with Gasteiger partial charge in [0, 0.05) is 13.1 Å². The number of nitrogens with one attached hydrogen (secondary N) is 2. The van der Waals surface area contributed by atoms with Gasteiger partial charge in [0.2, 0.25) is 0 Å². The molecule has 0 spiro atoms. The molecule has 1 saturated heterocycles. The standard InChI is InChI=1S/C12H22N2O3.ClH/c1-9(11-8-13-6-7-16-11)14-12(15)17-10-4-2-3-5-10;/h9-11,13H,2-8H2,1H3,(H,14,15);1H. The van der Waals surface area contributed by atoms with Gasteiger partial charge in [-0.3, -0.25) is 0 Å². The normalized spacial score (nSPS) is 26.2. The van der Waals surface area contributed by atoms with Crippen LogP contribution in [0.5, 0.6) is 0 Å². The minimum absolute atomic E-state index is 0. The van der Waals surface area contributed by atoms with E-state index in [4.69, 9.17) is 9.47 Å². The van der Waals surface area contributed by atoms with Crippen LogP contribution >= 0.6 is 12.4 Å². The fourth-order valence-electron chi connectivity index (χ4n) is 2.38. The second-order valence-corrected chi connectivity index (χ2v) is 4.86. The van der Waals surface area contributed by atoms with Crippen molar-refractivity contribution in [2.45, 2.75) is 50.9 Å². The zero-order valence-electron chi connectivity index (χ0n) is 10.8. The molecular formula is C12H23ClN2O3. The van der Waals surface area contributed by atoms with Gasteiger partial charge in [0.15, 0.2) is 0 Å². The molecule has 2 atom stereocenters. The first-order valence-electron chi connectivity index (χ1n) is 6.55. The molecule has 1 saturated carbocycles. The van der Waals surface area contributed by atoms with Gasteiger partial charge in [-0.15, -0.1) is 12.4 Å². The summed E-state index contributed by atoms with van der Waals surface area (Å²) in [4.78, 5) is 11.6. The minimum atomic E-state index is -0.307. The van der Waals surface area contributed by atoms with E-state index in [1.165, 1.54) is 12.8 Å². The molecule has 0 radical (unpaired) electrons. The fraction of sp³-hybridized carbons (Fsp3) is 0.917. The lowest BCUT2D eigenvalue weighted by Crippen LogP contribution is -2.51. The smallest absolute Gasteiger partial charge is 0.407 e. The zero-order valence-corrected chi connectivity index (χ0v) is 11.6. The van der Waals surface area contributed by atoms with Gasteiger partial charge in [-0.05, 0) is 32.6 Å². The van der Waals surface area contributed by atoms with Gasteiger partial charge >= 0.3 is 6.09 Å². The van der Waals surface area contributed by atoms with Crippen LogP contribution in [0.1, 0.15) is 32.6 Å². The maximum absolute atomic E-state index is 11.6. The van der Waals surface area contributed by atoms with Crippen molar-refractivity contribution in [3.05, 3.63) is 0 Å². The molecule has 2 rings (SSSR count). The molecule has 1 aliphatic carbocycles. The van der Waals surface area contributed by atoms with Gasteiger partial charge in [-0.25, -0.2) is 4.79 Å². The van der Waals surface area contributed by atoms with Crippen LogP contribution < -0.4 is 10.6 Å². The third-order valence-electron chi connectivity index (χ3n) is 3.44. The largest absolute Gasteiger partial charge is 0.446 e. The Morgan fingerprint density at radius 3 is 2.78 bits per heavy atom. The number of hydrogen-bond donors (Lipinski definition) is 2. The molecule has 2 unspecified atom stereocenters. The molecular weight excluding hydrogens is 256 g/mol. The highest BCUT2D eigenvalue weighted by atomic mass is 35.5. The first kappa shape index (κ1) is 15.5. The van der Waals surface area contributed by atoms with Crippen LogP contribution in [0.15, 0.2) is 0 Å². The predicted octanol–water partition coefficient (Wildman–Crippen LogP) is 1.45. The summed E-state index contributed by atoms with van der Waals surface area (Å²) in [7, 11) is 0. The van der Waals surface area contributed by atoms with Crippen molar-refractivity contribution in [2.75, 3.05) is 19.7 Å². The van der Waals surface area contributed by atoms with Crippen LogP contribution in [0.2, 0.25) is 0 Å². The third kappa shape index (κ3) is 4.63. The minimum Gasteiger partial charge on any atom is -0.446 e. The number of alkyl carbamates (subject to hydrolysis) is 1. The lowest BCUT2D eigenvalue weighted by molar-refractivity contribution is 0.00591. The van der Waals surface area contributed by atoms with Gasteiger partial charge in [-0.1, -0.05) is 0 Å². The van der Waals surface area contributed by atoms with Gasteiger partial charge < -0.3 is 20.1 Å². The van der Waals surface area contributed by atoms with E-state index in [0.29, 0.717) is 6.61 Å². The average molecular weight is 279 g/mol. The number of rotatable bonds is 3. The summed E-state index contributed by atoms with van der Waals surface area (Å²) in [6.45, 7) is 4.32. The summed E-state index contributed by atoms with van der Waals surface area (Å²) in [6.07, 6.45) is 4.20. The van der Waals surface area contributed by atoms with E-state index in [1.54, 1.807) is 0 Å². The molecule has 2 N–H and O–H groups in total. The Morgan fingerprint density at radius 1 is 1.44 bits per heavy atom. The molecule has 2 aliphatic rings. The van der Waals surface area contributed by atoms with Crippen molar-refractivity contribution in [3.63, 3.8) is 0 Å².